The first kappa shape index (κ1) is 22.7. The number of benzene rings is 1. The fourth-order valence-electron chi connectivity index (χ4n) is 3.01. The van der Waals surface area contributed by atoms with Crippen LogP contribution in [0.25, 0.3) is 0 Å². The Kier molecular flexibility index (Phi) is 7.61. The maximum atomic E-state index is 14.2. The van der Waals surface area contributed by atoms with Gasteiger partial charge in [0.1, 0.15) is 11.6 Å². The lowest BCUT2D eigenvalue weighted by Gasteiger charge is -2.25. The molecule has 0 saturated carbocycles. The van der Waals surface area contributed by atoms with E-state index in [4.69, 9.17) is 17.3 Å². The Morgan fingerprint density at radius 2 is 2.03 bits per heavy atom. The third-order valence-corrected chi connectivity index (χ3v) is 4.81. The molecule has 1 aromatic carbocycles. The molecule has 1 aromatic heterocycles. The van der Waals surface area contributed by atoms with Crippen LogP contribution in [0.3, 0.4) is 0 Å². The van der Waals surface area contributed by atoms with Crippen molar-refractivity contribution in [1.82, 2.24) is 9.55 Å². The summed E-state index contributed by atoms with van der Waals surface area (Å²) in [5.74, 6) is -1.13. The molecular formula is C20H26ClFN4O3. The molecule has 0 bridgehead atoms. The van der Waals surface area contributed by atoms with Gasteiger partial charge in [-0.1, -0.05) is 44.9 Å². The van der Waals surface area contributed by atoms with Crippen LogP contribution in [-0.2, 0) is 17.8 Å². The predicted molar refractivity (Wildman–Crippen MR) is 113 cm³/mol. The monoisotopic (exact) mass is 424 g/mol. The van der Waals surface area contributed by atoms with Gasteiger partial charge in [-0.3, -0.25) is 19.1 Å². The second kappa shape index (κ2) is 9.73. The topological polar surface area (TPSA) is 101 Å². The van der Waals surface area contributed by atoms with E-state index in [0.29, 0.717) is 6.42 Å². The van der Waals surface area contributed by atoms with Crippen LogP contribution in [-0.4, -0.2) is 22.0 Å². The molecule has 0 atom stereocenters. The Bertz CT molecular complexity index is 980. The summed E-state index contributed by atoms with van der Waals surface area (Å²) in [6.07, 6.45) is 1.02. The van der Waals surface area contributed by atoms with E-state index in [1.165, 1.54) is 27.7 Å². The van der Waals surface area contributed by atoms with Gasteiger partial charge >= 0.3 is 5.69 Å². The Hall–Kier alpha value is -2.61. The van der Waals surface area contributed by atoms with Crippen LogP contribution >= 0.6 is 11.6 Å². The number of carbonyl (C=O) groups excluding carboxylic acids is 1. The number of aromatic nitrogens is 2. The summed E-state index contributed by atoms with van der Waals surface area (Å²) in [6.45, 7) is 6.22. The minimum Gasteiger partial charge on any atom is -0.383 e. The highest BCUT2D eigenvalue weighted by Gasteiger charge is 2.25. The molecule has 0 saturated heterocycles. The van der Waals surface area contributed by atoms with E-state index in [2.05, 4.69) is 4.98 Å². The van der Waals surface area contributed by atoms with Crippen LogP contribution in [0.15, 0.2) is 27.8 Å². The molecule has 0 aliphatic rings. The van der Waals surface area contributed by atoms with E-state index in [1.807, 2.05) is 20.8 Å². The maximum absolute atomic E-state index is 14.2. The molecule has 158 valence electrons. The Labute approximate surface area is 173 Å². The van der Waals surface area contributed by atoms with Gasteiger partial charge in [-0.2, -0.15) is 0 Å². The molecule has 0 spiro atoms. The molecule has 1 heterocycles. The number of hydrogen-bond acceptors (Lipinski definition) is 4. The normalized spacial score (nSPS) is 11.1. The van der Waals surface area contributed by atoms with Crippen LogP contribution in [0.4, 0.5) is 15.9 Å². The van der Waals surface area contributed by atoms with E-state index in [0.717, 1.165) is 6.42 Å². The number of carbonyl (C=O) groups is 1. The highest BCUT2D eigenvalue weighted by Crippen LogP contribution is 2.23. The zero-order chi connectivity index (χ0) is 21.7. The van der Waals surface area contributed by atoms with Gasteiger partial charge in [-0.25, -0.2) is 9.18 Å². The number of hydrogen-bond donors (Lipinski definition) is 2. The quantitative estimate of drug-likeness (QED) is 0.680. The van der Waals surface area contributed by atoms with Crippen LogP contribution in [0.2, 0.25) is 5.02 Å². The summed E-state index contributed by atoms with van der Waals surface area (Å²) in [5.41, 5.74) is 4.71. The van der Waals surface area contributed by atoms with Crippen LogP contribution in [0, 0.1) is 11.7 Å². The van der Waals surface area contributed by atoms with Crippen molar-refractivity contribution in [2.45, 2.75) is 46.6 Å². The number of nitrogens with zero attached hydrogens (tertiary/aromatic N) is 2. The lowest BCUT2D eigenvalue weighted by atomic mass is 10.1. The van der Waals surface area contributed by atoms with Crippen molar-refractivity contribution in [1.29, 1.82) is 0 Å². The zero-order valence-corrected chi connectivity index (χ0v) is 17.6. The second-order valence-corrected chi connectivity index (χ2v) is 7.68. The highest BCUT2D eigenvalue weighted by atomic mass is 35.5. The largest absolute Gasteiger partial charge is 0.383 e. The summed E-state index contributed by atoms with van der Waals surface area (Å²) in [5, 5.41) is 0.125. The minimum atomic E-state index is -0.753. The number of rotatable bonds is 8. The standard InChI is InChI=1S/C20H26ClFN4O3/c1-4-5-9-25(16(27)10-13-14(21)7-6-8-15(13)22)17-18(23)26(11-12(2)3)20(29)24-19(17)28/h6-8,12H,4-5,9-11,23H2,1-3H3,(H,24,28,29). The zero-order valence-electron chi connectivity index (χ0n) is 16.8. The maximum Gasteiger partial charge on any atom is 0.330 e. The van der Waals surface area contributed by atoms with Crippen molar-refractivity contribution in [2.75, 3.05) is 17.2 Å². The highest BCUT2D eigenvalue weighted by molar-refractivity contribution is 6.31. The van der Waals surface area contributed by atoms with Gasteiger partial charge in [0.2, 0.25) is 5.91 Å². The van der Waals surface area contributed by atoms with E-state index in [1.54, 1.807) is 0 Å². The average molecular weight is 425 g/mol. The number of amides is 1. The first-order chi connectivity index (χ1) is 13.7. The summed E-state index contributed by atoms with van der Waals surface area (Å²) < 4.78 is 15.4. The first-order valence-electron chi connectivity index (χ1n) is 9.53. The molecule has 7 nitrogen and oxygen atoms in total. The smallest absolute Gasteiger partial charge is 0.330 e. The van der Waals surface area contributed by atoms with Crippen molar-refractivity contribution in [3.05, 3.63) is 55.4 Å². The Morgan fingerprint density at radius 3 is 2.62 bits per heavy atom. The molecule has 29 heavy (non-hydrogen) atoms. The van der Waals surface area contributed by atoms with Gasteiger partial charge in [0.15, 0.2) is 5.69 Å². The molecule has 0 unspecified atom stereocenters. The van der Waals surface area contributed by atoms with Gasteiger partial charge in [0.05, 0.1) is 6.42 Å². The third-order valence-electron chi connectivity index (χ3n) is 4.46. The molecule has 2 aromatic rings. The van der Waals surface area contributed by atoms with Gasteiger partial charge < -0.3 is 10.6 Å². The summed E-state index contributed by atoms with van der Waals surface area (Å²) in [4.78, 5) is 41.2. The summed E-state index contributed by atoms with van der Waals surface area (Å²) >= 11 is 6.05. The molecule has 2 rings (SSSR count). The number of nitrogens with one attached hydrogen (secondary N) is 1. The van der Waals surface area contributed by atoms with Crippen LogP contribution in [0.1, 0.15) is 39.2 Å². The first-order valence-corrected chi connectivity index (χ1v) is 9.91. The Morgan fingerprint density at radius 1 is 1.34 bits per heavy atom. The fraction of sp³-hybridized carbons (Fsp3) is 0.450. The number of halogens is 2. The van der Waals surface area contributed by atoms with E-state index in [9.17, 15) is 18.8 Å². The minimum absolute atomic E-state index is 0.0474. The molecule has 0 aliphatic heterocycles. The SMILES string of the molecule is CCCCN(C(=O)Cc1c(F)cccc1Cl)c1c(N)n(CC(C)C)c(=O)[nH]c1=O. The van der Waals surface area contributed by atoms with Gasteiger partial charge in [0, 0.05) is 23.7 Å². The predicted octanol–water partition coefficient (Wildman–Crippen LogP) is 2.94. The lowest BCUT2D eigenvalue weighted by Crippen LogP contribution is -2.42. The number of nitrogen functional groups attached to an aromatic ring is 1. The van der Waals surface area contributed by atoms with Crippen molar-refractivity contribution in [2.24, 2.45) is 5.92 Å². The van der Waals surface area contributed by atoms with E-state index < -0.39 is 23.0 Å². The average Bonchev–Trinajstić information content (AvgIpc) is 2.64. The lowest BCUT2D eigenvalue weighted by molar-refractivity contribution is -0.118. The summed E-state index contributed by atoms with van der Waals surface area (Å²) in [6, 6.07) is 4.16. The van der Waals surface area contributed by atoms with Gasteiger partial charge in [-0.05, 0) is 24.5 Å². The molecule has 0 aliphatic carbocycles. The number of H-pyrrole nitrogens is 1. The van der Waals surface area contributed by atoms with Crippen molar-refractivity contribution in [3.63, 3.8) is 0 Å². The molecule has 0 fully saturated rings. The van der Waals surface area contributed by atoms with Crippen LogP contribution in [0.5, 0.6) is 0 Å². The fourth-order valence-corrected chi connectivity index (χ4v) is 3.24. The van der Waals surface area contributed by atoms with Crippen molar-refractivity contribution < 1.29 is 9.18 Å². The Balaban J connectivity index is 2.54. The number of nitrogens with two attached hydrogens (primary N) is 1. The summed E-state index contributed by atoms with van der Waals surface area (Å²) in [7, 11) is 0. The van der Waals surface area contributed by atoms with Crippen LogP contribution < -0.4 is 21.9 Å². The molecule has 1 amide bonds. The molecule has 3 N–H and O–H groups in total. The van der Waals surface area contributed by atoms with Gasteiger partial charge in [0.25, 0.3) is 5.56 Å². The van der Waals surface area contributed by atoms with Crippen molar-refractivity contribution in [3.8, 4) is 0 Å². The van der Waals surface area contributed by atoms with E-state index in [-0.39, 0.29) is 47.5 Å². The number of aromatic amines is 1. The number of unbranched alkanes of at least 4 members (excludes halogenated alkanes) is 1. The van der Waals surface area contributed by atoms with E-state index >= 15 is 0 Å². The third kappa shape index (κ3) is 5.26. The van der Waals surface area contributed by atoms with Gasteiger partial charge in [-0.15, -0.1) is 0 Å². The molecular weight excluding hydrogens is 399 g/mol. The second-order valence-electron chi connectivity index (χ2n) is 7.27. The molecule has 0 radical (unpaired) electrons. The number of anilines is 2. The van der Waals surface area contributed by atoms with Crippen molar-refractivity contribution >= 4 is 29.0 Å². The molecule has 9 heteroatoms.